The van der Waals surface area contributed by atoms with Crippen molar-refractivity contribution in [3.05, 3.63) is 105 Å². The Morgan fingerprint density at radius 3 is 2.12 bits per heavy atom. The number of hydrogen-bond acceptors (Lipinski definition) is 5. The molecule has 3 aromatic carbocycles. The number of hydrogen-bond donors (Lipinski definition) is 1. The standard InChI is InChI=1S/C24H18FN3O4/c1-14-11-15(2)13-17(12-14)26-22-21(16-7-9-18(10-8-16)28(31)32)23(29)27(24(22)30)20-6-4-3-5-19(20)25/h3-13,26H,1-2H3. The van der Waals surface area contributed by atoms with Crippen LogP contribution in [0.25, 0.3) is 5.57 Å². The minimum Gasteiger partial charge on any atom is -0.350 e. The highest BCUT2D eigenvalue weighted by atomic mass is 19.1. The number of para-hydroxylation sites is 1. The zero-order valence-corrected chi connectivity index (χ0v) is 17.3. The van der Waals surface area contributed by atoms with Gasteiger partial charge in [-0.15, -0.1) is 0 Å². The van der Waals surface area contributed by atoms with Gasteiger partial charge in [0.25, 0.3) is 17.5 Å². The topological polar surface area (TPSA) is 92.6 Å². The second-order valence-electron chi connectivity index (χ2n) is 7.45. The van der Waals surface area contributed by atoms with Crippen LogP contribution < -0.4 is 10.2 Å². The van der Waals surface area contributed by atoms with Crippen molar-refractivity contribution in [3.8, 4) is 0 Å². The minimum absolute atomic E-state index is 0.00677. The van der Waals surface area contributed by atoms with E-state index in [0.29, 0.717) is 11.3 Å². The van der Waals surface area contributed by atoms with E-state index in [-0.39, 0.29) is 22.6 Å². The Morgan fingerprint density at radius 2 is 1.53 bits per heavy atom. The van der Waals surface area contributed by atoms with Crippen LogP contribution in [-0.4, -0.2) is 16.7 Å². The van der Waals surface area contributed by atoms with Gasteiger partial charge in [0, 0.05) is 17.8 Å². The van der Waals surface area contributed by atoms with Crippen molar-refractivity contribution in [2.45, 2.75) is 13.8 Å². The zero-order chi connectivity index (χ0) is 23.0. The summed E-state index contributed by atoms with van der Waals surface area (Å²) < 4.78 is 14.5. The molecule has 0 radical (unpaired) electrons. The molecule has 0 aromatic heterocycles. The van der Waals surface area contributed by atoms with Crippen molar-refractivity contribution < 1.29 is 18.9 Å². The predicted octanol–water partition coefficient (Wildman–Crippen LogP) is 4.75. The summed E-state index contributed by atoms with van der Waals surface area (Å²) in [4.78, 5) is 37.9. The lowest BCUT2D eigenvalue weighted by Crippen LogP contribution is -2.33. The lowest BCUT2D eigenvalue weighted by molar-refractivity contribution is -0.384. The Labute approximate surface area is 182 Å². The quantitative estimate of drug-likeness (QED) is 0.358. The number of nitro benzene ring substituents is 1. The van der Waals surface area contributed by atoms with Gasteiger partial charge in [-0.2, -0.15) is 0 Å². The molecule has 7 nitrogen and oxygen atoms in total. The average molecular weight is 431 g/mol. The summed E-state index contributed by atoms with van der Waals surface area (Å²) in [5.41, 5.74) is 2.46. The number of nitrogens with one attached hydrogen (secondary N) is 1. The summed E-state index contributed by atoms with van der Waals surface area (Å²) in [7, 11) is 0. The number of halogens is 1. The maximum absolute atomic E-state index is 14.5. The maximum Gasteiger partial charge on any atom is 0.282 e. The summed E-state index contributed by atoms with van der Waals surface area (Å²) in [6.45, 7) is 3.80. The Kier molecular flexibility index (Phi) is 5.28. The highest BCUT2D eigenvalue weighted by Crippen LogP contribution is 2.35. The molecule has 1 N–H and O–H groups in total. The van der Waals surface area contributed by atoms with E-state index in [1.165, 1.54) is 42.5 Å². The molecule has 1 heterocycles. The summed E-state index contributed by atoms with van der Waals surface area (Å²) >= 11 is 0. The molecule has 0 fully saturated rings. The van der Waals surface area contributed by atoms with Gasteiger partial charge in [-0.05, 0) is 66.9 Å². The third kappa shape index (κ3) is 3.74. The maximum atomic E-state index is 14.5. The number of non-ortho nitro benzene ring substituents is 1. The van der Waals surface area contributed by atoms with Crippen molar-refractivity contribution >= 4 is 34.4 Å². The first-order valence-corrected chi connectivity index (χ1v) is 9.74. The summed E-state index contributed by atoms with van der Waals surface area (Å²) in [5, 5.41) is 14.0. The molecule has 3 aromatic rings. The van der Waals surface area contributed by atoms with Gasteiger partial charge in [-0.3, -0.25) is 19.7 Å². The Bertz CT molecular complexity index is 1280. The van der Waals surface area contributed by atoms with E-state index in [1.54, 1.807) is 0 Å². The van der Waals surface area contributed by atoms with Gasteiger partial charge in [0.1, 0.15) is 11.5 Å². The molecular weight excluding hydrogens is 413 g/mol. The van der Waals surface area contributed by atoms with E-state index in [9.17, 15) is 24.1 Å². The van der Waals surface area contributed by atoms with Crippen LogP contribution in [0.15, 0.2) is 72.4 Å². The van der Waals surface area contributed by atoms with E-state index < -0.39 is 22.6 Å². The van der Waals surface area contributed by atoms with Crippen molar-refractivity contribution in [3.63, 3.8) is 0 Å². The summed E-state index contributed by atoms with van der Waals surface area (Å²) in [5.74, 6) is -2.15. The van der Waals surface area contributed by atoms with Crippen molar-refractivity contribution in [2.75, 3.05) is 10.2 Å². The smallest absolute Gasteiger partial charge is 0.282 e. The molecule has 1 aliphatic heterocycles. The van der Waals surface area contributed by atoms with E-state index in [0.717, 1.165) is 22.1 Å². The molecule has 2 amide bonds. The highest BCUT2D eigenvalue weighted by molar-refractivity contribution is 6.46. The van der Waals surface area contributed by atoms with Crippen LogP contribution in [0.2, 0.25) is 0 Å². The fourth-order valence-electron chi connectivity index (χ4n) is 3.71. The Morgan fingerprint density at radius 1 is 0.906 bits per heavy atom. The van der Waals surface area contributed by atoms with Gasteiger partial charge >= 0.3 is 0 Å². The molecule has 0 spiro atoms. The normalized spacial score (nSPS) is 13.7. The van der Waals surface area contributed by atoms with Crippen LogP contribution in [-0.2, 0) is 9.59 Å². The SMILES string of the molecule is Cc1cc(C)cc(NC2=C(c3ccc([N+](=O)[O-])cc3)C(=O)N(c3ccccc3F)C2=O)c1. The van der Waals surface area contributed by atoms with Gasteiger partial charge in [-0.1, -0.05) is 18.2 Å². The van der Waals surface area contributed by atoms with E-state index >= 15 is 0 Å². The number of imide groups is 1. The van der Waals surface area contributed by atoms with Crippen LogP contribution in [0.5, 0.6) is 0 Å². The Hall–Kier alpha value is -4.33. The molecule has 0 unspecified atom stereocenters. The second-order valence-corrected chi connectivity index (χ2v) is 7.45. The van der Waals surface area contributed by atoms with Gasteiger partial charge in [0.2, 0.25) is 0 Å². The molecule has 0 atom stereocenters. The van der Waals surface area contributed by atoms with Crippen molar-refractivity contribution in [1.29, 1.82) is 0 Å². The molecular formula is C24H18FN3O4. The molecule has 0 saturated carbocycles. The highest BCUT2D eigenvalue weighted by Gasteiger charge is 2.41. The Balaban J connectivity index is 1.85. The first-order chi connectivity index (χ1) is 15.3. The molecule has 8 heteroatoms. The van der Waals surface area contributed by atoms with Crippen molar-refractivity contribution in [2.24, 2.45) is 0 Å². The van der Waals surface area contributed by atoms with Gasteiger partial charge < -0.3 is 5.32 Å². The number of nitrogens with zero attached hydrogens (tertiary/aromatic N) is 2. The van der Waals surface area contributed by atoms with Crippen LogP contribution in [0.1, 0.15) is 16.7 Å². The van der Waals surface area contributed by atoms with Crippen LogP contribution in [0, 0.1) is 29.8 Å². The van der Waals surface area contributed by atoms with E-state index in [4.69, 9.17) is 0 Å². The number of amides is 2. The summed E-state index contributed by atoms with van der Waals surface area (Å²) in [6, 6.07) is 16.4. The number of benzene rings is 3. The lowest BCUT2D eigenvalue weighted by atomic mass is 10.0. The third-order valence-corrected chi connectivity index (χ3v) is 5.04. The van der Waals surface area contributed by atoms with E-state index in [2.05, 4.69) is 5.32 Å². The molecule has 1 aliphatic rings. The molecule has 32 heavy (non-hydrogen) atoms. The van der Waals surface area contributed by atoms with Gasteiger partial charge in [-0.25, -0.2) is 9.29 Å². The first-order valence-electron chi connectivity index (χ1n) is 9.74. The molecule has 160 valence electrons. The number of carbonyl (C=O) groups is 2. The molecule has 0 saturated heterocycles. The fourth-order valence-corrected chi connectivity index (χ4v) is 3.71. The number of aryl methyl sites for hydroxylation is 2. The van der Waals surface area contributed by atoms with Crippen LogP contribution in [0.4, 0.5) is 21.5 Å². The number of rotatable bonds is 5. The van der Waals surface area contributed by atoms with Crippen LogP contribution >= 0.6 is 0 Å². The van der Waals surface area contributed by atoms with E-state index in [1.807, 2.05) is 32.0 Å². The van der Waals surface area contributed by atoms with Crippen LogP contribution in [0.3, 0.4) is 0 Å². The lowest BCUT2D eigenvalue weighted by Gasteiger charge is -2.16. The fraction of sp³-hybridized carbons (Fsp3) is 0.0833. The zero-order valence-electron chi connectivity index (χ0n) is 17.3. The molecule has 0 bridgehead atoms. The van der Waals surface area contributed by atoms with Gasteiger partial charge in [0.05, 0.1) is 16.2 Å². The number of nitro groups is 1. The minimum atomic E-state index is -0.721. The molecule has 4 rings (SSSR count). The molecule has 0 aliphatic carbocycles. The number of carbonyl (C=O) groups excluding carboxylic acids is 2. The average Bonchev–Trinajstić information content (AvgIpc) is 2.97. The largest absolute Gasteiger partial charge is 0.350 e. The predicted molar refractivity (Wildman–Crippen MR) is 118 cm³/mol. The van der Waals surface area contributed by atoms with Crippen molar-refractivity contribution in [1.82, 2.24) is 0 Å². The number of anilines is 2. The monoisotopic (exact) mass is 431 g/mol. The third-order valence-electron chi connectivity index (χ3n) is 5.04. The van der Waals surface area contributed by atoms with Gasteiger partial charge in [0.15, 0.2) is 0 Å². The second kappa shape index (κ2) is 8.07. The first kappa shape index (κ1) is 20.9. The summed E-state index contributed by atoms with van der Waals surface area (Å²) in [6.07, 6.45) is 0.